The van der Waals surface area contributed by atoms with Gasteiger partial charge in [0.2, 0.25) is 11.7 Å². The van der Waals surface area contributed by atoms with Crippen molar-refractivity contribution < 1.29 is 44.3 Å². The Morgan fingerprint density at radius 1 is 1.10 bits per heavy atom. The van der Waals surface area contributed by atoms with E-state index in [1.807, 2.05) is 31.2 Å². The van der Waals surface area contributed by atoms with E-state index in [2.05, 4.69) is 10.2 Å². The molecular weight excluding hydrogens is 632 g/mol. The summed E-state index contributed by atoms with van der Waals surface area (Å²) in [6, 6.07) is 9.82. The van der Waals surface area contributed by atoms with E-state index in [1.165, 1.54) is 11.0 Å². The molecule has 2 aromatic carbocycles. The molecule has 0 radical (unpaired) electrons. The SMILES string of the molecule is CC(=O)NCCN1CCOCC1.Cc1cccc(-c2ccc(O)c3c2CC2CC4[C@H](N(C)C)C(=O)C(C(N)=O)=C(O)[C@@]4(O)C(=O)C2=C3O)c1. The third-order valence-electron chi connectivity index (χ3n) is 9.84. The fourth-order valence-electron chi connectivity index (χ4n) is 7.54. The molecule has 4 atom stereocenters. The van der Waals surface area contributed by atoms with Crippen LogP contribution in [0.1, 0.15) is 30.0 Å². The first-order valence-corrected chi connectivity index (χ1v) is 16.3. The third kappa shape index (κ3) is 6.58. The average molecular weight is 677 g/mol. The van der Waals surface area contributed by atoms with Crippen LogP contribution in [-0.2, 0) is 30.3 Å². The number of fused-ring (bicyclic) bond motifs is 3. The Morgan fingerprint density at radius 3 is 2.41 bits per heavy atom. The molecule has 0 bridgehead atoms. The lowest BCUT2D eigenvalue weighted by Crippen LogP contribution is -2.65. The van der Waals surface area contributed by atoms with Crippen LogP contribution in [0.5, 0.6) is 5.75 Å². The smallest absolute Gasteiger partial charge is 0.255 e. The van der Waals surface area contributed by atoms with Crippen molar-refractivity contribution >= 4 is 29.1 Å². The lowest BCUT2D eigenvalue weighted by atomic mass is 9.57. The lowest BCUT2D eigenvalue weighted by molar-refractivity contribution is -0.153. The van der Waals surface area contributed by atoms with Gasteiger partial charge in [-0.1, -0.05) is 35.9 Å². The number of aliphatic hydroxyl groups excluding tert-OH is 2. The zero-order valence-corrected chi connectivity index (χ0v) is 28.2. The van der Waals surface area contributed by atoms with E-state index in [0.717, 1.165) is 56.1 Å². The van der Waals surface area contributed by atoms with Crippen molar-refractivity contribution in [1.29, 1.82) is 0 Å². The van der Waals surface area contributed by atoms with Gasteiger partial charge in [-0.2, -0.15) is 0 Å². The molecular formula is C36H44N4O9. The first kappa shape index (κ1) is 35.7. The van der Waals surface area contributed by atoms with E-state index in [4.69, 9.17) is 10.5 Å². The Labute approximate surface area is 284 Å². The van der Waals surface area contributed by atoms with Crippen LogP contribution in [-0.4, -0.2) is 119 Å². The number of rotatable bonds is 6. The predicted molar refractivity (Wildman–Crippen MR) is 180 cm³/mol. The number of carbonyl (C=O) groups is 4. The topological polar surface area (TPSA) is 203 Å². The van der Waals surface area contributed by atoms with Crippen molar-refractivity contribution in [3.63, 3.8) is 0 Å². The summed E-state index contributed by atoms with van der Waals surface area (Å²) in [5.41, 5.74) is 5.10. The van der Waals surface area contributed by atoms with Gasteiger partial charge in [-0.15, -0.1) is 0 Å². The second-order valence-electron chi connectivity index (χ2n) is 13.3. The zero-order valence-electron chi connectivity index (χ0n) is 28.2. The molecule has 262 valence electrons. The Hall–Kier alpha value is -4.56. The minimum absolute atomic E-state index is 0.0447. The highest BCUT2D eigenvalue weighted by Crippen LogP contribution is 2.53. The maximum atomic E-state index is 13.9. The molecule has 0 aromatic heterocycles. The molecule has 2 aromatic rings. The summed E-state index contributed by atoms with van der Waals surface area (Å²) in [5, 5.41) is 47.4. The van der Waals surface area contributed by atoms with Crippen LogP contribution in [0.3, 0.4) is 0 Å². The quantitative estimate of drug-likeness (QED) is 0.242. The number of hydrogen-bond donors (Lipinski definition) is 6. The number of benzene rings is 2. The molecule has 4 aliphatic rings. The molecule has 6 rings (SSSR count). The van der Waals surface area contributed by atoms with Crippen LogP contribution < -0.4 is 11.1 Å². The van der Waals surface area contributed by atoms with Gasteiger partial charge in [0.1, 0.15) is 22.8 Å². The van der Waals surface area contributed by atoms with Crippen molar-refractivity contribution in [3.05, 3.63) is 70.0 Å². The van der Waals surface area contributed by atoms with E-state index < -0.39 is 58.0 Å². The van der Waals surface area contributed by atoms with Gasteiger partial charge in [0.05, 0.1) is 24.8 Å². The minimum atomic E-state index is -2.64. The van der Waals surface area contributed by atoms with Gasteiger partial charge in [0, 0.05) is 44.6 Å². The van der Waals surface area contributed by atoms with Crippen molar-refractivity contribution in [1.82, 2.24) is 15.1 Å². The Kier molecular flexibility index (Phi) is 10.3. The molecule has 49 heavy (non-hydrogen) atoms. The molecule has 7 N–H and O–H groups in total. The van der Waals surface area contributed by atoms with E-state index in [1.54, 1.807) is 27.1 Å². The van der Waals surface area contributed by atoms with E-state index in [-0.39, 0.29) is 35.6 Å². The number of nitrogens with zero attached hydrogens (tertiary/aromatic N) is 2. The standard InChI is InChI=1S/C28H28N2O7.C8H16N2O2/c1-12-5-4-6-13(9-12)15-7-8-18(31)20-16(15)10-14-11-17-22(30(2)3)24(33)21(27(29)36)26(35)28(17,37)25(34)19(14)23(20)32;1-8(11)9-2-3-10-4-6-12-7-5-10/h4-9,14,17,22,31-32,35,37H,10-11H2,1-3H3,(H2,29,36);2-7H2,1H3,(H,9,11)/t14?,17?,22-,28-;/m0./s1. The fraction of sp³-hybridized carbons (Fsp3) is 0.444. The number of aromatic hydroxyl groups is 1. The number of morpholine rings is 1. The Bertz CT molecular complexity index is 1740. The van der Waals surface area contributed by atoms with Crippen LogP contribution in [0.25, 0.3) is 16.9 Å². The molecule has 2 unspecified atom stereocenters. The summed E-state index contributed by atoms with van der Waals surface area (Å²) < 4.78 is 5.20. The summed E-state index contributed by atoms with van der Waals surface area (Å²) in [7, 11) is 3.14. The molecule has 2 fully saturated rings. The van der Waals surface area contributed by atoms with Gasteiger partial charge in [0.25, 0.3) is 5.91 Å². The zero-order chi connectivity index (χ0) is 35.8. The largest absolute Gasteiger partial charge is 0.508 e. The van der Waals surface area contributed by atoms with Crippen LogP contribution >= 0.6 is 0 Å². The van der Waals surface area contributed by atoms with Crippen molar-refractivity contribution in [2.24, 2.45) is 17.6 Å². The number of carbonyl (C=O) groups excluding carboxylic acids is 4. The predicted octanol–water partition coefficient (Wildman–Crippen LogP) is 1.39. The maximum absolute atomic E-state index is 13.9. The number of nitrogens with two attached hydrogens (primary N) is 1. The second-order valence-corrected chi connectivity index (χ2v) is 13.3. The lowest BCUT2D eigenvalue weighted by Gasteiger charge is -2.50. The molecule has 13 nitrogen and oxygen atoms in total. The number of amides is 2. The number of primary amides is 1. The number of phenolic OH excluding ortho intramolecular Hbond substituents is 1. The summed E-state index contributed by atoms with van der Waals surface area (Å²) >= 11 is 0. The highest BCUT2D eigenvalue weighted by molar-refractivity contribution is 6.24. The first-order chi connectivity index (χ1) is 23.2. The fourth-order valence-corrected chi connectivity index (χ4v) is 7.54. The average Bonchev–Trinajstić information content (AvgIpc) is 3.03. The van der Waals surface area contributed by atoms with Crippen molar-refractivity contribution in [2.75, 3.05) is 53.5 Å². The Balaban J connectivity index is 0.000000330. The summed E-state index contributed by atoms with van der Waals surface area (Å²) in [6.07, 6.45) is 0.293. The molecule has 0 spiro atoms. The number of ketones is 2. The van der Waals surface area contributed by atoms with Crippen LogP contribution in [0.4, 0.5) is 0 Å². The molecule has 1 heterocycles. The van der Waals surface area contributed by atoms with Gasteiger partial charge >= 0.3 is 0 Å². The van der Waals surface area contributed by atoms with Crippen LogP contribution in [0.15, 0.2) is 53.3 Å². The summed E-state index contributed by atoms with van der Waals surface area (Å²) in [6.45, 7) is 8.78. The van der Waals surface area contributed by atoms with Crippen molar-refractivity contribution in [2.45, 2.75) is 38.3 Å². The third-order valence-corrected chi connectivity index (χ3v) is 9.84. The van der Waals surface area contributed by atoms with E-state index in [9.17, 15) is 39.6 Å². The highest BCUT2D eigenvalue weighted by Gasteiger charge is 2.64. The van der Waals surface area contributed by atoms with Crippen LogP contribution in [0.2, 0.25) is 0 Å². The number of Topliss-reactive ketones (excluding diaryl/α,β-unsaturated/α-hetero) is 2. The van der Waals surface area contributed by atoms with Crippen molar-refractivity contribution in [3.8, 4) is 16.9 Å². The Morgan fingerprint density at radius 2 is 1.80 bits per heavy atom. The number of aryl methyl sites for hydroxylation is 1. The summed E-state index contributed by atoms with van der Waals surface area (Å²) in [4.78, 5) is 53.4. The number of likely N-dealkylation sites (N-methyl/N-ethyl adjacent to an activating group) is 1. The van der Waals surface area contributed by atoms with E-state index >= 15 is 0 Å². The number of aliphatic hydroxyl groups is 3. The molecule has 1 aliphatic heterocycles. The highest BCUT2D eigenvalue weighted by atomic mass is 16.5. The second kappa shape index (κ2) is 14.1. The van der Waals surface area contributed by atoms with Gasteiger partial charge in [-0.25, -0.2) is 0 Å². The summed E-state index contributed by atoms with van der Waals surface area (Å²) in [5.74, 6) is -6.56. The molecule has 2 amide bonds. The molecule has 3 aliphatic carbocycles. The first-order valence-electron chi connectivity index (χ1n) is 16.3. The number of nitrogens with one attached hydrogen (secondary N) is 1. The number of phenols is 1. The maximum Gasteiger partial charge on any atom is 0.255 e. The molecule has 13 heteroatoms. The number of ether oxygens (including phenoxy) is 1. The monoisotopic (exact) mass is 676 g/mol. The van der Waals surface area contributed by atoms with Gasteiger partial charge in [-0.05, 0) is 62.5 Å². The number of hydrogen-bond acceptors (Lipinski definition) is 11. The van der Waals surface area contributed by atoms with E-state index in [0.29, 0.717) is 5.56 Å². The van der Waals surface area contributed by atoms with Gasteiger partial charge in [-0.3, -0.25) is 29.0 Å². The van der Waals surface area contributed by atoms with Gasteiger partial charge in [0.15, 0.2) is 11.4 Å². The van der Waals surface area contributed by atoms with Gasteiger partial charge < -0.3 is 36.2 Å². The molecule has 1 saturated carbocycles. The minimum Gasteiger partial charge on any atom is -0.508 e. The normalized spacial score (nSPS) is 25.2. The van der Waals surface area contributed by atoms with Crippen LogP contribution in [0, 0.1) is 18.8 Å². The molecule has 1 saturated heterocycles.